The fraction of sp³-hybridized carbons (Fsp3) is 0.391. The Morgan fingerprint density at radius 3 is 2.27 bits per heavy atom. The maximum Gasteiger partial charge on any atom is 0.339 e. The van der Waals surface area contributed by atoms with Gasteiger partial charge in [0.2, 0.25) is 11.8 Å². The lowest BCUT2D eigenvalue weighted by Crippen LogP contribution is -2.39. The minimum Gasteiger partial charge on any atom is -0.493 e. The number of nitrogens with one attached hydrogen (secondary N) is 1. The molecule has 0 aliphatic rings. The summed E-state index contributed by atoms with van der Waals surface area (Å²) in [5, 5.41) is 2.57. The van der Waals surface area contributed by atoms with Crippen LogP contribution in [-0.2, 0) is 31.0 Å². The van der Waals surface area contributed by atoms with E-state index < -0.39 is 10.1 Å². The third-order valence-electron chi connectivity index (χ3n) is 4.95. The van der Waals surface area contributed by atoms with E-state index in [4.69, 9.17) is 13.7 Å². The van der Waals surface area contributed by atoms with E-state index in [1.54, 1.807) is 17.0 Å². The van der Waals surface area contributed by atoms with Crippen LogP contribution in [0.3, 0.4) is 0 Å². The van der Waals surface area contributed by atoms with Gasteiger partial charge >= 0.3 is 10.1 Å². The fourth-order valence-electron chi connectivity index (χ4n) is 3.07. The minimum absolute atomic E-state index is 0.00392. The smallest absolute Gasteiger partial charge is 0.339 e. The normalized spacial score (nSPS) is 12.0. The summed E-state index contributed by atoms with van der Waals surface area (Å²) in [6.07, 6.45) is 0.748. The summed E-state index contributed by atoms with van der Waals surface area (Å²) in [6, 6.07) is 10.5. The first-order chi connectivity index (χ1) is 15.6. The molecule has 1 N–H and O–H groups in total. The molecular weight excluding hydrogens is 448 g/mol. The lowest BCUT2D eigenvalue weighted by Gasteiger charge is -2.28. The molecule has 0 unspecified atom stereocenters. The zero-order chi connectivity index (χ0) is 24.6. The first kappa shape index (κ1) is 26.1. The molecule has 180 valence electrons. The number of methoxy groups -OCH3 is 2. The molecule has 2 rings (SSSR count). The minimum atomic E-state index is -4.18. The van der Waals surface area contributed by atoms with Gasteiger partial charge < -0.3 is 23.9 Å². The molecule has 9 nitrogen and oxygen atoms in total. The topological polar surface area (TPSA) is 111 Å². The van der Waals surface area contributed by atoms with E-state index >= 15 is 0 Å². The van der Waals surface area contributed by atoms with Crippen molar-refractivity contribution in [2.75, 3.05) is 26.1 Å². The Morgan fingerprint density at radius 2 is 1.73 bits per heavy atom. The van der Waals surface area contributed by atoms with E-state index in [0.29, 0.717) is 11.3 Å². The van der Waals surface area contributed by atoms with Gasteiger partial charge in [-0.25, -0.2) is 0 Å². The van der Waals surface area contributed by atoms with Gasteiger partial charge in [0, 0.05) is 32.3 Å². The maximum absolute atomic E-state index is 12.8. The molecule has 2 aromatic carbocycles. The zero-order valence-corrected chi connectivity index (χ0v) is 20.3. The third-order valence-corrected chi connectivity index (χ3v) is 6.20. The molecule has 0 aliphatic heterocycles. The van der Waals surface area contributed by atoms with Gasteiger partial charge in [-0.05, 0) is 55.3 Å². The molecule has 0 saturated heterocycles. The highest BCUT2D eigenvalue weighted by molar-refractivity contribution is 7.87. The molecule has 10 heteroatoms. The van der Waals surface area contributed by atoms with Crippen molar-refractivity contribution in [2.45, 2.75) is 44.7 Å². The molecule has 2 aromatic rings. The Labute approximate surface area is 194 Å². The van der Waals surface area contributed by atoms with Crippen LogP contribution in [0, 0.1) is 0 Å². The number of anilines is 1. The van der Waals surface area contributed by atoms with Crippen LogP contribution in [0.2, 0.25) is 0 Å². The summed E-state index contributed by atoms with van der Waals surface area (Å²) in [6.45, 7) is 5.47. The van der Waals surface area contributed by atoms with E-state index in [-0.39, 0.29) is 47.4 Å². The quantitative estimate of drug-likeness (QED) is 0.494. The van der Waals surface area contributed by atoms with Gasteiger partial charge in [0.1, 0.15) is 11.5 Å². The molecule has 0 aromatic heterocycles. The number of nitrogens with zero attached hydrogens (tertiary/aromatic N) is 1. The van der Waals surface area contributed by atoms with Gasteiger partial charge in [0.15, 0.2) is 11.5 Å². The van der Waals surface area contributed by atoms with Crippen molar-refractivity contribution in [3.8, 4) is 11.5 Å². The highest BCUT2D eigenvalue weighted by Gasteiger charge is 2.22. The van der Waals surface area contributed by atoms with Crippen molar-refractivity contribution in [1.29, 1.82) is 0 Å². The molecule has 0 spiro atoms. The Morgan fingerprint density at radius 1 is 1.06 bits per heavy atom. The molecule has 2 amide bonds. The number of hydrogen-bond acceptors (Lipinski definition) is 7. The van der Waals surface area contributed by atoms with Crippen LogP contribution in [0.1, 0.15) is 32.8 Å². The lowest BCUT2D eigenvalue weighted by molar-refractivity contribution is -0.138. The molecule has 33 heavy (non-hydrogen) atoms. The summed E-state index contributed by atoms with van der Waals surface area (Å²) < 4.78 is 41.3. The molecule has 1 atom stereocenters. The Hall–Kier alpha value is -3.11. The SMILES string of the molecule is CC[C@H](C)N(Cc1ccc(OC)c(OS(=O)(=O)c2ccc(NC(C)=O)cc2)c1)C(=O)COC. The largest absolute Gasteiger partial charge is 0.493 e. The van der Waals surface area contributed by atoms with Crippen molar-refractivity contribution >= 4 is 27.6 Å². The summed E-state index contributed by atoms with van der Waals surface area (Å²) >= 11 is 0. The van der Waals surface area contributed by atoms with E-state index in [2.05, 4.69) is 5.32 Å². The molecular formula is C23H30N2O7S. The molecule has 0 saturated carbocycles. The molecule has 0 heterocycles. The number of hydrogen-bond donors (Lipinski definition) is 1. The van der Waals surface area contributed by atoms with E-state index in [9.17, 15) is 18.0 Å². The lowest BCUT2D eigenvalue weighted by atomic mass is 10.1. The number of amides is 2. The number of rotatable bonds is 11. The second kappa shape index (κ2) is 11.7. The van der Waals surface area contributed by atoms with E-state index in [0.717, 1.165) is 6.42 Å². The van der Waals surface area contributed by atoms with Crippen LogP contribution in [-0.4, -0.2) is 52.0 Å². The first-order valence-corrected chi connectivity index (χ1v) is 11.8. The predicted octanol–water partition coefficient (Wildman–Crippen LogP) is 3.19. The molecule has 0 fully saturated rings. The predicted molar refractivity (Wildman–Crippen MR) is 124 cm³/mol. The van der Waals surface area contributed by atoms with Gasteiger partial charge in [0.05, 0.1) is 7.11 Å². The van der Waals surface area contributed by atoms with Crippen LogP contribution in [0.25, 0.3) is 0 Å². The second-order valence-electron chi connectivity index (χ2n) is 7.44. The highest BCUT2D eigenvalue weighted by Crippen LogP contribution is 2.32. The summed E-state index contributed by atoms with van der Waals surface area (Å²) in [7, 11) is -1.31. The molecule has 0 bridgehead atoms. The first-order valence-electron chi connectivity index (χ1n) is 10.4. The number of ether oxygens (including phenoxy) is 2. The van der Waals surface area contributed by atoms with Crippen LogP contribution in [0.15, 0.2) is 47.4 Å². The van der Waals surface area contributed by atoms with Crippen molar-refractivity contribution in [3.05, 3.63) is 48.0 Å². The van der Waals surface area contributed by atoms with Gasteiger partial charge in [-0.15, -0.1) is 0 Å². The van der Waals surface area contributed by atoms with E-state index in [1.165, 1.54) is 51.5 Å². The van der Waals surface area contributed by atoms with Crippen LogP contribution >= 0.6 is 0 Å². The number of benzene rings is 2. The van der Waals surface area contributed by atoms with Crippen molar-refractivity contribution < 1.29 is 31.7 Å². The van der Waals surface area contributed by atoms with Crippen LogP contribution < -0.4 is 14.2 Å². The van der Waals surface area contributed by atoms with Gasteiger partial charge in [-0.1, -0.05) is 13.0 Å². The maximum atomic E-state index is 12.8. The average Bonchev–Trinajstić information content (AvgIpc) is 2.77. The van der Waals surface area contributed by atoms with E-state index in [1.807, 2.05) is 13.8 Å². The van der Waals surface area contributed by atoms with Crippen molar-refractivity contribution in [2.24, 2.45) is 0 Å². The van der Waals surface area contributed by atoms with Crippen LogP contribution in [0.5, 0.6) is 11.5 Å². The fourth-order valence-corrected chi connectivity index (χ4v) is 4.00. The highest BCUT2D eigenvalue weighted by atomic mass is 32.2. The second-order valence-corrected chi connectivity index (χ2v) is 8.99. The van der Waals surface area contributed by atoms with Gasteiger partial charge in [-0.2, -0.15) is 8.42 Å². The summed E-state index contributed by atoms with van der Waals surface area (Å²) in [4.78, 5) is 25.2. The van der Waals surface area contributed by atoms with Gasteiger partial charge in [-0.3, -0.25) is 9.59 Å². The van der Waals surface area contributed by atoms with Crippen molar-refractivity contribution in [1.82, 2.24) is 4.90 Å². The third kappa shape index (κ3) is 7.19. The number of carbonyl (C=O) groups is 2. The Bertz CT molecular complexity index is 1070. The Kier molecular flexibility index (Phi) is 9.24. The number of carbonyl (C=O) groups excluding carboxylic acids is 2. The zero-order valence-electron chi connectivity index (χ0n) is 19.5. The monoisotopic (exact) mass is 478 g/mol. The standard InChI is InChI=1S/C23H30N2O7S/c1-6-16(2)25(23(27)15-30-4)14-18-7-12-21(31-5)22(13-18)32-33(28,29)20-10-8-19(9-11-20)24-17(3)26/h7-13,16H,6,14-15H2,1-5H3,(H,24,26)/t16-/m0/s1. The summed E-state index contributed by atoms with van der Waals surface area (Å²) in [5.74, 6) is -0.199. The molecule has 0 aliphatic carbocycles. The molecule has 0 radical (unpaired) electrons. The van der Waals surface area contributed by atoms with Crippen molar-refractivity contribution in [3.63, 3.8) is 0 Å². The van der Waals surface area contributed by atoms with Crippen LogP contribution in [0.4, 0.5) is 5.69 Å². The van der Waals surface area contributed by atoms with Gasteiger partial charge in [0.25, 0.3) is 0 Å². The average molecular weight is 479 g/mol. The summed E-state index contributed by atoms with van der Waals surface area (Å²) in [5.41, 5.74) is 1.14. The Balaban J connectivity index is 2.31.